The number of hydrogen-bond acceptors (Lipinski definition) is 3. The van der Waals surface area contributed by atoms with Gasteiger partial charge < -0.3 is 20.9 Å². The standard InChI is InChI=1S/C15H24N4O2/c1-11(16-2)12-6-5-7-13(10-12)18-15(21)19(4)9-8-14(20)17-3/h5-7,10-11,16H,8-9H2,1-4H3,(H,17,20)(H,18,21). The summed E-state index contributed by atoms with van der Waals surface area (Å²) in [4.78, 5) is 24.7. The molecule has 0 fully saturated rings. The first kappa shape index (κ1) is 17.0. The van der Waals surface area contributed by atoms with Gasteiger partial charge in [0.15, 0.2) is 0 Å². The summed E-state index contributed by atoms with van der Waals surface area (Å²) in [5.74, 6) is -0.0838. The van der Waals surface area contributed by atoms with Crippen LogP contribution in [0.3, 0.4) is 0 Å². The third kappa shape index (κ3) is 5.43. The Labute approximate surface area is 125 Å². The molecule has 6 heteroatoms. The molecule has 1 unspecified atom stereocenters. The maximum absolute atomic E-state index is 12.0. The van der Waals surface area contributed by atoms with Crippen LogP contribution in [-0.2, 0) is 4.79 Å². The molecule has 0 heterocycles. The first-order valence-electron chi connectivity index (χ1n) is 6.97. The maximum Gasteiger partial charge on any atom is 0.321 e. The highest BCUT2D eigenvalue weighted by atomic mass is 16.2. The molecular weight excluding hydrogens is 268 g/mol. The molecule has 0 aliphatic heterocycles. The van der Waals surface area contributed by atoms with Gasteiger partial charge in [-0.25, -0.2) is 4.79 Å². The number of carbonyl (C=O) groups is 2. The van der Waals surface area contributed by atoms with Gasteiger partial charge in [-0.05, 0) is 31.7 Å². The van der Waals surface area contributed by atoms with Crippen LogP contribution in [0.15, 0.2) is 24.3 Å². The summed E-state index contributed by atoms with van der Waals surface area (Å²) in [6, 6.07) is 7.68. The summed E-state index contributed by atoms with van der Waals surface area (Å²) >= 11 is 0. The summed E-state index contributed by atoms with van der Waals surface area (Å²) < 4.78 is 0. The topological polar surface area (TPSA) is 73.5 Å². The molecule has 0 saturated heterocycles. The number of amides is 3. The molecule has 0 bridgehead atoms. The van der Waals surface area contributed by atoms with E-state index in [1.165, 1.54) is 4.90 Å². The first-order valence-corrected chi connectivity index (χ1v) is 6.97. The van der Waals surface area contributed by atoms with Gasteiger partial charge in [-0.3, -0.25) is 4.79 Å². The molecule has 6 nitrogen and oxygen atoms in total. The van der Waals surface area contributed by atoms with Crippen molar-refractivity contribution >= 4 is 17.6 Å². The number of urea groups is 1. The van der Waals surface area contributed by atoms with E-state index in [4.69, 9.17) is 0 Å². The van der Waals surface area contributed by atoms with Gasteiger partial charge >= 0.3 is 6.03 Å². The van der Waals surface area contributed by atoms with Gasteiger partial charge in [0, 0.05) is 38.8 Å². The van der Waals surface area contributed by atoms with E-state index in [-0.39, 0.29) is 24.4 Å². The van der Waals surface area contributed by atoms with Gasteiger partial charge in [0.05, 0.1) is 0 Å². The van der Waals surface area contributed by atoms with Gasteiger partial charge in [0.25, 0.3) is 0 Å². The van der Waals surface area contributed by atoms with Gasteiger partial charge in [-0.15, -0.1) is 0 Å². The SMILES string of the molecule is CNC(=O)CCN(C)C(=O)Nc1cccc(C(C)NC)c1. The van der Waals surface area contributed by atoms with Crippen LogP contribution in [0.25, 0.3) is 0 Å². The number of benzene rings is 1. The van der Waals surface area contributed by atoms with E-state index in [1.54, 1.807) is 14.1 Å². The van der Waals surface area contributed by atoms with Crippen LogP contribution >= 0.6 is 0 Å². The van der Waals surface area contributed by atoms with Crippen LogP contribution in [0, 0.1) is 0 Å². The average molecular weight is 292 g/mol. The Kier molecular flexibility index (Phi) is 6.68. The summed E-state index contributed by atoms with van der Waals surface area (Å²) in [7, 11) is 5.14. The predicted octanol–water partition coefficient (Wildman–Crippen LogP) is 1.57. The second-order valence-corrected chi connectivity index (χ2v) is 4.91. The minimum atomic E-state index is -0.229. The largest absolute Gasteiger partial charge is 0.359 e. The Bertz CT molecular complexity index is 490. The van der Waals surface area contributed by atoms with E-state index < -0.39 is 0 Å². The van der Waals surface area contributed by atoms with E-state index in [1.807, 2.05) is 31.3 Å². The molecule has 1 aromatic rings. The molecule has 0 spiro atoms. The van der Waals surface area contributed by atoms with Crippen LogP contribution in [0.4, 0.5) is 10.5 Å². The number of rotatable bonds is 6. The van der Waals surface area contributed by atoms with E-state index >= 15 is 0 Å². The molecule has 3 amide bonds. The molecule has 116 valence electrons. The summed E-state index contributed by atoms with van der Waals surface area (Å²) in [6.45, 7) is 2.43. The van der Waals surface area contributed by atoms with Crippen molar-refractivity contribution in [3.63, 3.8) is 0 Å². The fourth-order valence-electron chi connectivity index (χ4n) is 1.77. The van der Waals surface area contributed by atoms with Crippen LogP contribution < -0.4 is 16.0 Å². The lowest BCUT2D eigenvalue weighted by Gasteiger charge is -2.18. The van der Waals surface area contributed by atoms with Gasteiger partial charge in [0.1, 0.15) is 0 Å². The van der Waals surface area contributed by atoms with Gasteiger partial charge in [0.2, 0.25) is 5.91 Å². The van der Waals surface area contributed by atoms with Crippen molar-refractivity contribution in [3.8, 4) is 0 Å². The molecule has 0 radical (unpaired) electrons. The quantitative estimate of drug-likeness (QED) is 0.745. The Morgan fingerprint density at radius 3 is 2.62 bits per heavy atom. The zero-order chi connectivity index (χ0) is 15.8. The van der Waals surface area contributed by atoms with Crippen molar-refractivity contribution in [1.29, 1.82) is 0 Å². The minimum absolute atomic E-state index is 0.0838. The lowest BCUT2D eigenvalue weighted by atomic mass is 10.1. The fraction of sp³-hybridized carbons (Fsp3) is 0.467. The predicted molar refractivity (Wildman–Crippen MR) is 84.2 cm³/mol. The highest BCUT2D eigenvalue weighted by molar-refractivity contribution is 5.89. The molecule has 0 saturated carbocycles. The van der Waals surface area contributed by atoms with Crippen LogP contribution in [0.5, 0.6) is 0 Å². The van der Waals surface area contributed by atoms with Gasteiger partial charge in [-0.2, -0.15) is 0 Å². The second kappa shape index (κ2) is 8.26. The summed E-state index contributed by atoms with van der Waals surface area (Å²) in [5, 5.41) is 8.52. The van der Waals surface area contributed by atoms with E-state index in [9.17, 15) is 9.59 Å². The summed E-state index contributed by atoms with van der Waals surface area (Å²) in [6.07, 6.45) is 0.289. The Morgan fingerprint density at radius 2 is 2.00 bits per heavy atom. The van der Waals surface area contributed by atoms with Crippen molar-refractivity contribution < 1.29 is 9.59 Å². The van der Waals surface area contributed by atoms with E-state index in [0.717, 1.165) is 11.3 Å². The van der Waals surface area contributed by atoms with Crippen molar-refractivity contribution in [1.82, 2.24) is 15.5 Å². The van der Waals surface area contributed by atoms with Crippen molar-refractivity contribution in [2.24, 2.45) is 0 Å². The number of hydrogen-bond donors (Lipinski definition) is 3. The zero-order valence-corrected chi connectivity index (χ0v) is 13.1. The molecule has 1 aromatic carbocycles. The van der Waals surface area contributed by atoms with Crippen LogP contribution in [0.2, 0.25) is 0 Å². The number of nitrogens with zero attached hydrogens (tertiary/aromatic N) is 1. The minimum Gasteiger partial charge on any atom is -0.359 e. The monoisotopic (exact) mass is 292 g/mol. The Morgan fingerprint density at radius 1 is 1.29 bits per heavy atom. The molecule has 0 aliphatic carbocycles. The highest BCUT2D eigenvalue weighted by Crippen LogP contribution is 2.17. The molecule has 0 aliphatic rings. The summed E-state index contributed by atoms with van der Waals surface area (Å²) in [5.41, 5.74) is 1.84. The molecule has 21 heavy (non-hydrogen) atoms. The molecular formula is C15H24N4O2. The van der Waals surface area contributed by atoms with Crippen molar-refractivity contribution in [2.75, 3.05) is 33.0 Å². The molecule has 1 atom stereocenters. The lowest BCUT2D eigenvalue weighted by Crippen LogP contribution is -2.34. The Balaban J connectivity index is 2.59. The zero-order valence-electron chi connectivity index (χ0n) is 13.1. The highest BCUT2D eigenvalue weighted by Gasteiger charge is 2.11. The molecule has 3 N–H and O–H groups in total. The van der Waals surface area contributed by atoms with Crippen LogP contribution in [0.1, 0.15) is 24.9 Å². The second-order valence-electron chi connectivity index (χ2n) is 4.91. The lowest BCUT2D eigenvalue weighted by molar-refractivity contribution is -0.120. The Hall–Kier alpha value is -2.08. The number of nitrogens with one attached hydrogen (secondary N) is 3. The smallest absolute Gasteiger partial charge is 0.321 e. The van der Waals surface area contributed by atoms with Gasteiger partial charge in [-0.1, -0.05) is 12.1 Å². The van der Waals surface area contributed by atoms with E-state index in [0.29, 0.717) is 6.54 Å². The van der Waals surface area contributed by atoms with E-state index in [2.05, 4.69) is 22.9 Å². The molecule has 1 rings (SSSR count). The van der Waals surface area contributed by atoms with Crippen molar-refractivity contribution in [2.45, 2.75) is 19.4 Å². The number of carbonyl (C=O) groups excluding carboxylic acids is 2. The third-order valence-corrected chi connectivity index (χ3v) is 3.37. The van der Waals surface area contributed by atoms with Crippen molar-refractivity contribution in [3.05, 3.63) is 29.8 Å². The molecule has 0 aromatic heterocycles. The fourth-order valence-corrected chi connectivity index (χ4v) is 1.77. The average Bonchev–Trinajstić information content (AvgIpc) is 2.51. The normalized spacial score (nSPS) is 11.6. The number of anilines is 1. The first-order chi connectivity index (χ1) is 9.97. The third-order valence-electron chi connectivity index (χ3n) is 3.37. The maximum atomic E-state index is 12.0. The van der Waals surface area contributed by atoms with Crippen LogP contribution in [-0.4, -0.2) is 44.5 Å².